The molecule has 3 amide bonds. The van der Waals surface area contributed by atoms with Crippen molar-refractivity contribution in [3.63, 3.8) is 0 Å². The number of nitrogens with one attached hydrogen (secondary N) is 1. The van der Waals surface area contributed by atoms with Gasteiger partial charge in [0.2, 0.25) is 0 Å². The maximum atomic E-state index is 12.9. The van der Waals surface area contributed by atoms with Gasteiger partial charge in [0.25, 0.3) is 5.91 Å². The number of urea groups is 1. The summed E-state index contributed by atoms with van der Waals surface area (Å²) in [5, 5.41) is 3.35. The topological polar surface area (TPSA) is 92.8 Å². The number of fused-ring (bicyclic) bond motifs is 1. The second-order valence-electron chi connectivity index (χ2n) is 6.51. The van der Waals surface area contributed by atoms with E-state index in [0.29, 0.717) is 22.3 Å². The molecule has 132 valence electrons. The first-order valence-corrected chi connectivity index (χ1v) is 8.10. The van der Waals surface area contributed by atoms with Crippen LogP contribution in [0.5, 0.6) is 0 Å². The van der Waals surface area contributed by atoms with Crippen LogP contribution in [0, 0.1) is 6.92 Å². The summed E-state index contributed by atoms with van der Waals surface area (Å²) < 4.78 is 10.5. The SMILES string of the molecule is Cc1ccc2c(CN3C(=O)NC(C)(c4ccco4)C3=O)cc(=O)oc2c1. The number of furan rings is 1. The minimum Gasteiger partial charge on any atom is -0.466 e. The number of carbonyl (C=O) groups excluding carboxylic acids is 2. The molecule has 3 heterocycles. The van der Waals surface area contributed by atoms with E-state index in [1.54, 1.807) is 25.1 Å². The molecule has 7 heteroatoms. The second-order valence-corrected chi connectivity index (χ2v) is 6.51. The Bertz CT molecular complexity index is 1080. The Morgan fingerprint density at radius 3 is 2.69 bits per heavy atom. The third-order valence-corrected chi connectivity index (χ3v) is 4.60. The minimum atomic E-state index is -1.27. The molecular weight excluding hydrogens is 336 g/mol. The van der Waals surface area contributed by atoms with Gasteiger partial charge >= 0.3 is 11.7 Å². The lowest BCUT2D eigenvalue weighted by molar-refractivity contribution is -0.132. The molecule has 0 aliphatic carbocycles. The summed E-state index contributed by atoms with van der Waals surface area (Å²) in [5.74, 6) is -0.0858. The van der Waals surface area contributed by atoms with Crippen LogP contribution in [0.25, 0.3) is 11.0 Å². The van der Waals surface area contributed by atoms with Crippen molar-refractivity contribution in [2.75, 3.05) is 0 Å². The van der Waals surface area contributed by atoms with Gasteiger partial charge in [-0.2, -0.15) is 0 Å². The first kappa shape index (κ1) is 16.1. The molecule has 26 heavy (non-hydrogen) atoms. The molecule has 1 aliphatic heterocycles. The number of amides is 3. The number of nitrogens with zero attached hydrogens (tertiary/aromatic N) is 1. The summed E-state index contributed by atoms with van der Waals surface area (Å²) >= 11 is 0. The van der Waals surface area contributed by atoms with Gasteiger partial charge in [-0.05, 0) is 43.2 Å². The highest BCUT2D eigenvalue weighted by Gasteiger charge is 2.50. The van der Waals surface area contributed by atoms with E-state index in [4.69, 9.17) is 8.83 Å². The van der Waals surface area contributed by atoms with Crippen molar-refractivity contribution in [2.24, 2.45) is 0 Å². The lowest BCUT2D eigenvalue weighted by atomic mass is 9.99. The van der Waals surface area contributed by atoms with Gasteiger partial charge in [0.15, 0.2) is 5.54 Å². The number of carbonyl (C=O) groups is 2. The van der Waals surface area contributed by atoms with Crippen LogP contribution in [-0.4, -0.2) is 16.8 Å². The Morgan fingerprint density at radius 2 is 1.96 bits per heavy atom. The summed E-state index contributed by atoms with van der Waals surface area (Å²) in [6, 6.07) is 9.50. The van der Waals surface area contributed by atoms with E-state index in [1.165, 1.54) is 12.3 Å². The van der Waals surface area contributed by atoms with Crippen molar-refractivity contribution in [1.29, 1.82) is 0 Å². The molecule has 1 aromatic carbocycles. The highest BCUT2D eigenvalue weighted by atomic mass is 16.4. The fourth-order valence-corrected chi connectivity index (χ4v) is 3.21. The molecule has 0 saturated carbocycles. The molecule has 4 rings (SSSR count). The predicted molar refractivity (Wildman–Crippen MR) is 92.4 cm³/mol. The van der Waals surface area contributed by atoms with Gasteiger partial charge in [-0.25, -0.2) is 9.59 Å². The Balaban J connectivity index is 1.74. The van der Waals surface area contributed by atoms with Crippen molar-refractivity contribution < 1.29 is 18.4 Å². The van der Waals surface area contributed by atoms with Gasteiger partial charge < -0.3 is 14.2 Å². The maximum absolute atomic E-state index is 12.9. The van der Waals surface area contributed by atoms with Crippen LogP contribution in [0.4, 0.5) is 4.79 Å². The molecule has 0 bridgehead atoms. The average Bonchev–Trinajstić information content (AvgIpc) is 3.19. The third-order valence-electron chi connectivity index (χ3n) is 4.60. The van der Waals surface area contributed by atoms with E-state index in [2.05, 4.69) is 5.32 Å². The molecule has 0 spiro atoms. The van der Waals surface area contributed by atoms with Crippen LogP contribution in [0.2, 0.25) is 0 Å². The Morgan fingerprint density at radius 1 is 1.15 bits per heavy atom. The van der Waals surface area contributed by atoms with E-state index >= 15 is 0 Å². The molecule has 1 aliphatic rings. The normalized spacial score (nSPS) is 20.0. The quantitative estimate of drug-likeness (QED) is 0.578. The number of benzene rings is 1. The number of hydrogen-bond acceptors (Lipinski definition) is 5. The molecule has 1 N–H and O–H groups in total. The Kier molecular flexibility index (Phi) is 3.47. The predicted octanol–water partition coefficient (Wildman–Crippen LogP) is 2.66. The molecule has 3 aromatic rings. The van der Waals surface area contributed by atoms with E-state index in [9.17, 15) is 14.4 Å². The summed E-state index contributed by atoms with van der Waals surface area (Å²) in [7, 11) is 0. The lowest BCUT2D eigenvalue weighted by Crippen LogP contribution is -2.40. The fraction of sp³-hybridized carbons (Fsp3) is 0.211. The van der Waals surface area contributed by atoms with Crippen LogP contribution in [0.3, 0.4) is 0 Å². The van der Waals surface area contributed by atoms with Crippen molar-refractivity contribution in [3.05, 3.63) is 70.0 Å². The van der Waals surface area contributed by atoms with Crippen molar-refractivity contribution >= 4 is 22.9 Å². The zero-order chi connectivity index (χ0) is 18.5. The molecule has 1 atom stereocenters. The zero-order valence-corrected chi connectivity index (χ0v) is 14.2. The van der Waals surface area contributed by atoms with Gasteiger partial charge in [-0.1, -0.05) is 12.1 Å². The minimum absolute atomic E-state index is 0.0356. The van der Waals surface area contributed by atoms with Crippen molar-refractivity contribution in [2.45, 2.75) is 25.9 Å². The van der Waals surface area contributed by atoms with Crippen LogP contribution >= 0.6 is 0 Å². The molecule has 1 saturated heterocycles. The van der Waals surface area contributed by atoms with Crippen LogP contribution in [0.15, 0.2) is 56.3 Å². The van der Waals surface area contributed by atoms with E-state index in [0.717, 1.165) is 10.5 Å². The number of hydrogen-bond donors (Lipinski definition) is 1. The second kappa shape index (κ2) is 5.59. The van der Waals surface area contributed by atoms with E-state index < -0.39 is 23.1 Å². The first-order valence-electron chi connectivity index (χ1n) is 8.10. The fourth-order valence-electron chi connectivity index (χ4n) is 3.21. The lowest BCUT2D eigenvalue weighted by Gasteiger charge is -2.19. The van der Waals surface area contributed by atoms with E-state index in [1.807, 2.05) is 19.1 Å². The smallest absolute Gasteiger partial charge is 0.336 e. The summed E-state index contributed by atoms with van der Waals surface area (Å²) in [6.45, 7) is 3.44. The Labute approximate surface area is 148 Å². The third kappa shape index (κ3) is 2.40. The molecule has 1 fully saturated rings. The standard InChI is InChI=1S/C19H16N2O5/c1-11-5-6-13-12(9-16(22)26-14(13)8-11)10-21-17(23)19(2,20-18(21)24)15-4-3-7-25-15/h3-9H,10H2,1-2H3,(H,20,24). The van der Waals surface area contributed by atoms with Crippen LogP contribution in [-0.2, 0) is 16.9 Å². The monoisotopic (exact) mass is 352 g/mol. The number of imide groups is 1. The number of aryl methyl sites for hydroxylation is 1. The molecule has 1 unspecified atom stereocenters. The van der Waals surface area contributed by atoms with Gasteiger partial charge in [0, 0.05) is 11.5 Å². The van der Waals surface area contributed by atoms with Gasteiger partial charge in [-0.15, -0.1) is 0 Å². The highest BCUT2D eigenvalue weighted by molar-refractivity contribution is 6.07. The van der Waals surface area contributed by atoms with E-state index in [-0.39, 0.29) is 6.54 Å². The molecule has 2 aromatic heterocycles. The molecule has 0 radical (unpaired) electrons. The van der Waals surface area contributed by atoms with Crippen molar-refractivity contribution in [1.82, 2.24) is 10.2 Å². The van der Waals surface area contributed by atoms with Gasteiger partial charge in [0.1, 0.15) is 11.3 Å². The summed E-state index contributed by atoms with van der Waals surface area (Å²) in [6.07, 6.45) is 1.45. The highest BCUT2D eigenvalue weighted by Crippen LogP contribution is 2.31. The van der Waals surface area contributed by atoms with Crippen molar-refractivity contribution in [3.8, 4) is 0 Å². The Hall–Kier alpha value is -3.35. The summed E-state index contributed by atoms with van der Waals surface area (Å²) in [5.41, 5.74) is 0.112. The van der Waals surface area contributed by atoms with Crippen LogP contribution < -0.4 is 10.9 Å². The molecular formula is C19H16N2O5. The molecule has 7 nitrogen and oxygen atoms in total. The van der Waals surface area contributed by atoms with Gasteiger partial charge in [0.05, 0.1) is 12.8 Å². The zero-order valence-electron chi connectivity index (χ0n) is 14.2. The number of rotatable bonds is 3. The largest absolute Gasteiger partial charge is 0.466 e. The van der Waals surface area contributed by atoms with Crippen LogP contribution in [0.1, 0.15) is 23.8 Å². The average molecular weight is 352 g/mol. The maximum Gasteiger partial charge on any atom is 0.336 e. The first-order chi connectivity index (χ1) is 12.4. The summed E-state index contributed by atoms with van der Waals surface area (Å²) in [4.78, 5) is 38.3. The van der Waals surface area contributed by atoms with Gasteiger partial charge in [-0.3, -0.25) is 9.69 Å².